The molecule has 0 radical (unpaired) electrons. The van der Waals surface area contributed by atoms with E-state index in [2.05, 4.69) is 6.92 Å². The lowest BCUT2D eigenvalue weighted by Gasteiger charge is -2.39. The summed E-state index contributed by atoms with van der Waals surface area (Å²) in [6.07, 6.45) is 3.50. The molecule has 1 rings (SSSR count). The fourth-order valence-electron chi connectivity index (χ4n) is 2.31. The highest BCUT2D eigenvalue weighted by atomic mass is 16.5. The first-order valence-electron chi connectivity index (χ1n) is 5.75. The van der Waals surface area contributed by atoms with Crippen LogP contribution in [0.4, 0.5) is 0 Å². The molecule has 0 bridgehead atoms. The molecule has 3 unspecified atom stereocenters. The zero-order valence-electron chi connectivity index (χ0n) is 9.48. The highest BCUT2D eigenvalue weighted by Crippen LogP contribution is 2.34. The van der Waals surface area contributed by atoms with E-state index in [1.165, 1.54) is 6.42 Å². The van der Waals surface area contributed by atoms with Gasteiger partial charge < -0.3 is 20.7 Å². The third-order valence-corrected chi connectivity index (χ3v) is 3.21. The van der Waals surface area contributed by atoms with Gasteiger partial charge in [-0.25, -0.2) is 0 Å². The van der Waals surface area contributed by atoms with Gasteiger partial charge in [0.1, 0.15) is 6.10 Å². The molecule has 1 saturated carbocycles. The van der Waals surface area contributed by atoms with Crippen LogP contribution in [0.2, 0.25) is 0 Å². The van der Waals surface area contributed by atoms with E-state index in [-0.39, 0.29) is 18.8 Å². The van der Waals surface area contributed by atoms with Gasteiger partial charge in [-0.3, -0.25) is 0 Å². The third-order valence-electron chi connectivity index (χ3n) is 3.21. The minimum Gasteiger partial charge on any atom is -0.394 e. The molecule has 1 fully saturated rings. The van der Waals surface area contributed by atoms with Crippen LogP contribution in [-0.2, 0) is 4.74 Å². The molecule has 0 amide bonds. The van der Waals surface area contributed by atoms with E-state index in [1.54, 1.807) is 0 Å². The minimum atomic E-state index is -0.786. The topological polar surface area (TPSA) is 75.7 Å². The van der Waals surface area contributed by atoms with Crippen LogP contribution in [0.3, 0.4) is 0 Å². The van der Waals surface area contributed by atoms with E-state index in [0.29, 0.717) is 12.5 Å². The first-order valence-corrected chi connectivity index (χ1v) is 5.75. The largest absolute Gasteiger partial charge is 0.394 e. The lowest BCUT2D eigenvalue weighted by Crippen LogP contribution is -2.46. The summed E-state index contributed by atoms with van der Waals surface area (Å²) in [6.45, 7) is 2.63. The van der Waals surface area contributed by atoms with Gasteiger partial charge in [-0.15, -0.1) is 0 Å². The number of hydrogen-bond acceptors (Lipinski definition) is 4. The minimum absolute atomic E-state index is 0.181. The van der Waals surface area contributed by atoms with Crippen LogP contribution >= 0.6 is 0 Å². The summed E-state index contributed by atoms with van der Waals surface area (Å²) >= 11 is 0. The van der Waals surface area contributed by atoms with Crippen molar-refractivity contribution in [1.82, 2.24) is 0 Å². The number of rotatable bonds is 5. The second-order valence-corrected chi connectivity index (χ2v) is 4.74. The van der Waals surface area contributed by atoms with Crippen LogP contribution < -0.4 is 5.73 Å². The Morgan fingerprint density at radius 3 is 2.87 bits per heavy atom. The van der Waals surface area contributed by atoms with E-state index in [4.69, 9.17) is 15.6 Å². The van der Waals surface area contributed by atoms with Gasteiger partial charge in [0.2, 0.25) is 0 Å². The molecule has 0 heterocycles. The Morgan fingerprint density at radius 2 is 2.33 bits per heavy atom. The zero-order chi connectivity index (χ0) is 11.3. The van der Waals surface area contributed by atoms with Crippen molar-refractivity contribution in [3.8, 4) is 0 Å². The first kappa shape index (κ1) is 12.9. The van der Waals surface area contributed by atoms with Gasteiger partial charge in [-0.05, 0) is 18.8 Å². The van der Waals surface area contributed by atoms with E-state index in [1.807, 2.05) is 0 Å². The first-order chi connectivity index (χ1) is 7.12. The molecule has 0 aromatic rings. The van der Waals surface area contributed by atoms with Gasteiger partial charge in [-0.1, -0.05) is 19.8 Å². The number of nitrogens with two attached hydrogens (primary N) is 1. The van der Waals surface area contributed by atoms with Crippen LogP contribution in [0, 0.1) is 5.92 Å². The summed E-state index contributed by atoms with van der Waals surface area (Å²) in [5.74, 6) is 0.633. The SMILES string of the molecule is CC1CCCC(CN)(OCC(O)CO)C1. The molecular formula is C11H23NO3. The summed E-state index contributed by atoms with van der Waals surface area (Å²) in [5, 5.41) is 18.0. The number of ether oxygens (including phenoxy) is 1. The van der Waals surface area contributed by atoms with Gasteiger partial charge in [-0.2, -0.15) is 0 Å². The highest BCUT2D eigenvalue weighted by Gasteiger charge is 2.34. The molecule has 0 aromatic heterocycles. The molecule has 0 aliphatic heterocycles. The number of aliphatic hydroxyl groups excluding tert-OH is 2. The van der Waals surface area contributed by atoms with Gasteiger partial charge >= 0.3 is 0 Å². The predicted molar refractivity (Wildman–Crippen MR) is 58.5 cm³/mol. The lowest BCUT2D eigenvalue weighted by atomic mass is 9.79. The molecule has 4 N–H and O–H groups in total. The maximum Gasteiger partial charge on any atom is 0.100 e. The van der Waals surface area contributed by atoms with Crippen LogP contribution in [0.25, 0.3) is 0 Å². The van der Waals surface area contributed by atoms with Gasteiger partial charge in [0, 0.05) is 6.54 Å². The second-order valence-electron chi connectivity index (χ2n) is 4.74. The van der Waals surface area contributed by atoms with E-state index in [9.17, 15) is 5.11 Å². The summed E-state index contributed by atoms with van der Waals surface area (Å²) in [6, 6.07) is 0. The molecule has 4 nitrogen and oxygen atoms in total. The van der Waals surface area contributed by atoms with Crippen LogP contribution in [-0.4, -0.2) is 41.7 Å². The highest BCUT2D eigenvalue weighted by molar-refractivity contribution is 4.88. The molecule has 0 spiro atoms. The van der Waals surface area contributed by atoms with Crippen molar-refractivity contribution in [2.45, 2.75) is 44.3 Å². The molecule has 1 aliphatic rings. The number of hydrogen-bond donors (Lipinski definition) is 3. The predicted octanol–water partition coefficient (Wildman–Crippen LogP) is 0.264. The quantitative estimate of drug-likeness (QED) is 0.617. The van der Waals surface area contributed by atoms with Gasteiger partial charge in [0.25, 0.3) is 0 Å². The molecular weight excluding hydrogens is 194 g/mol. The second kappa shape index (κ2) is 5.80. The van der Waals surface area contributed by atoms with Crippen molar-refractivity contribution in [3.63, 3.8) is 0 Å². The Kier molecular flexibility index (Phi) is 4.99. The van der Waals surface area contributed by atoms with Crippen molar-refractivity contribution < 1.29 is 14.9 Å². The molecule has 1 aliphatic carbocycles. The van der Waals surface area contributed by atoms with Crippen LogP contribution in [0.15, 0.2) is 0 Å². The fraction of sp³-hybridized carbons (Fsp3) is 1.00. The molecule has 0 saturated heterocycles. The monoisotopic (exact) mass is 217 g/mol. The molecule has 15 heavy (non-hydrogen) atoms. The number of aliphatic hydroxyl groups is 2. The van der Waals surface area contributed by atoms with Crippen molar-refractivity contribution in [2.24, 2.45) is 11.7 Å². The molecule has 3 atom stereocenters. The Labute approximate surface area is 91.4 Å². The molecule has 0 aromatic carbocycles. The van der Waals surface area contributed by atoms with E-state index in [0.717, 1.165) is 19.3 Å². The maximum absolute atomic E-state index is 9.25. The van der Waals surface area contributed by atoms with Crippen molar-refractivity contribution in [2.75, 3.05) is 19.8 Å². The normalized spacial score (nSPS) is 34.0. The average molecular weight is 217 g/mol. The smallest absolute Gasteiger partial charge is 0.100 e. The molecule has 4 heteroatoms. The van der Waals surface area contributed by atoms with Gasteiger partial charge in [0.05, 0.1) is 18.8 Å². The fourth-order valence-corrected chi connectivity index (χ4v) is 2.31. The lowest BCUT2D eigenvalue weighted by molar-refractivity contribution is -0.108. The summed E-state index contributed by atoms with van der Waals surface area (Å²) in [4.78, 5) is 0. The van der Waals surface area contributed by atoms with Crippen LogP contribution in [0.5, 0.6) is 0 Å². The van der Waals surface area contributed by atoms with Crippen molar-refractivity contribution >= 4 is 0 Å². The van der Waals surface area contributed by atoms with Crippen molar-refractivity contribution in [1.29, 1.82) is 0 Å². The molecule has 90 valence electrons. The Hall–Kier alpha value is -0.160. The van der Waals surface area contributed by atoms with Crippen molar-refractivity contribution in [3.05, 3.63) is 0 Å². The van der Waals surface area contributed by atoms with E-state index < -0.39 is 6.10 Å². The summed E-state index contributed by atoms with van der Waals surface area (Å²) < 4.78 is 5.71. The maximum atomic E-state index is 9.25. The third kappa shape index (κ3) is 3.72. The Balaban J connectivity index is 2.44. The standard InChI is InChI=1S/C11H23NO3/c1-9-3-2-4-11(5-9,8-12)15-7-10(14)6-13/h9-10,13-14H,2-8,12H2,1H3. The Bertz CT molecular complexity index is 189. The van der Waals surface area contributed by atoms with Crippen LogP contribution in [0.1, 0.15) is 32.6 Å². The summed E-state index contributed by atoms with van der Waals surface area (Å²) in [7, 11) is 0. The van der Waals surface area contributed by atoms with E-state index >= 15 is 0 Å². The zero-order valence-corrected chi connectivity index (χ0v) is 9.48. The summed E-state index contributed by atoms with van der Waals surface area (Å²) in [5.41, 5.74) is 5.49. The Morgan fingerprint density at radius 1 is 1.60 bits per heavy atom. The van der Waals surface area contributed by atoms with Gasteiger partial charge in [0.15, 0.2) is 0 Å². The average Bonchev–Trinajstić information content (AvgIpc) is 2.26.